The molecule has 0 saturated carbocycles. The first-order valence-electron chi connectivity index (χ1n) is 8.09. The summed E-state index contributed by atoms with van der Waals surface area (Å²) < 4.78 is 10.0. The number of rotatable bonds is 6. The zero-order chi connectivity index (χ0) is 19.6. The second-order valence-electron chi connectivity index (χ2n) is 5.19. The third-order valence-electron chi connectivity index (χ3n) is 3.36. The lowest BCUT2D eigenvalue weighted by atomic mass is 10.2. The van der Waals surface area contributed by atoms with Crippen molar-refractivity contribution in [1.29, 1.82) is 0 Å². The number of carbonyl (C=O) groups is 3. The summed E-state index contributed by atoms with van der Waals surface area (Å²) >= 11 is 0. The summed E-state index contributed by atoms with van der Waals surface area (Å²) in [4.78, 5) is 35.1. The fourth-order valence-corrected chi connectivity index (χ4v) is 2.08. The Morgan fingerprint density at radius 1 is 1.04 bits per heavy atom. The van der Waals surface area contributed by atoms with Crippen LogP contribution in [0.2, 0.25) is 0 Å². The van der Waals surface area contributed by atoms with Gasteiger partial charge in [0, 0.05) is 11.3 Å². The molecule has 0 atom stereocenters. The van der Waals surface area contributed by atoms with Crippen molar-refractivity contribution < 1.29 is 23.9 Å². The van der Waals surface area contributed by atoms with Crippen molar-refractivity contribution in [3.8, 4) is 5.75 Å². The number of hydrazone groups is 1. The summed E-state index contributed by atoms with van der Waals surface area (Å²) in [5.74, 6) is -1.70. The summed E-state index contributed by atoms with van der Waals surface area (Å²) in [6, 6.07) is 13.1. The minimum Gasteiger partial charge on any atom is -0.493 e. The van der Waals surface area contributed by atoms with Crippen LogP contribution in [0.3, 0.4) is 0 Å². The Morgan fingerprint density at radius 3 is 2.41 bits per heavy atom. The van der Waals surface area contributed by atoms with Gasteiger partial charge >= 0.3 is 17.8 Å². The standard InChI is InChI=1S/C19H19N3O5/c1-3-27-16-7-5-4-6-14(16)12-20-22-18(24)17(23)21-15-10-8-13(9-11-15)19(25)26-2/h4-12H,3H2,1-2H3,(H,21,23)(H,22,24)/b20-12-. The molecule has 0 aliphatic heterocycles. The molecule has 0 aromatic heterocycles. The highest BCUT2D eigenvalue weighted by atomic mass is 16.5. The summed E-state index contributed by atoms with van der Waals surface area (Å²) in [5.41, 5.74) is 3.50. The first-order valence-corrected chi connectivity index (χ1v) is 8.09. The van der Waals surface area contributed by atoms with Gasteiger partial charge in [0.1, 0.15) is 5.75 Å². The Morgan fingerprint density at radius 2 is 1.74 bits per heavy atom. The Hall–Kier alpha value is -3.68. The highest BCUT2D eigenvalue weighted by molar-refractivity contribution is 6.39. The number of nitrogens with one attached hydrogen (secondary N) is 2. The Bertz CT molecular complexity index is 847. The first-order chi connectivity index (χ1) is 13.0. The number of hydrogen-bond acceptors (Lipinski definition) is 6. The number of para-hydroxylation sites is 1. The van der Waals surface area contributed by atoms with Crippen LogP contribution >= 0.6 is 0 Å². The molecule has 0 bridgehead atoms. The van der Waals surface area contributed by atoms with Crippen LogP contribution < -0.4 is 15.5 Å². The molecule has 2 aromatic rings. The normalized spacial score (nSPS) is 10.3. The molecular weight excluding hydrogens is 350 g/mol. The molecule has 0 heterocycles. The van der Waals surface area contributed by atoms with Gasteiger partial charge in [-0.3, -0.25) is 9.59 Å². The van der Waals surface area contributed by atoms with E-state index in [1.807, 2.05) is 13.0 Å². The van der Waals surface area contributed by atoms with Gasteiger partial charge in [-0.1, -0.05) is 12.1 Å². The van der Waals surface area contributed by atoms with Crippen LogP contribution in [0.4, 0.5) is 5.69 Å². The molecular formula is C19H19N3O5. The molecule has 2 rings (SSSR count). The molecule has 2 N–H and O–H groups in total. The maximum atomic E-state index is 11.9. The third kappa shape index (κ3) is 5.67. The molecule has 140 valence electrons. The van der Waals surface area contributed by atoms with Gasteiger partial charge in [-0.05, 0) is 43.3 Å². The van der Waals surface area contributed by atoms with Crippen molar-refractivity contribution in [3.05, 3.63) is 59.7 Å². The van der Waals surface area contributed by atoms with Crippen molar-refractivity contribution in [2.75, 3.05) is 19.0 Å². The van der Waals surface area contributed by atoms with Gasteiger partial charge in [-0.15, -0.1) is 0 Å². The van der Waals surface area contributed by atoms with E-state index >= 15 is 0 Å². The molecule has 0 fully saturated rings. The molecule has 2 aromatic carbocycles. The maximum absolute atomic E-state index is 11.9. The van der Waals surface area contributed by atoms with Crippen molar-refractivity contribution >= 4 is 29.7 Å². The number of carbonyl (C=O) groups excluding carboxylic acids is 3. The molecule has 27 heavy (non-hydrogen) atoms. The van der Waals surface area contributed by atoms with E-state index in [0.29, 0.717) is 29.2 Å². The quantitative estimate of drug-likeness (QED) is 0.350. The zero-order valence-electron chi connectivity index (χ0n) is 14.9. The van der Waals surface area contributed by atoms with E-state index in [4.69, 9.17) is 4.74 Å². The van der Waals surface area contributed by atoms with Crippen LogP contribution in [0.15, 0.2) is 53.6 Å². The summed E-state index contributed by atoms with van der Waals surface area (Å²) in [5, 5.41) is 6.17. The van der Waals surface area contributed by atoms with Crippen LogP contribution in [0.1, 0.15) is 22.8 Å². The lowest BCUT2D eigenvalue weighted by Gasteiger charge is -2.06. The van der Waals surface area contributed by atoms with Crippen molar-refractivity contribution in [3.63, 3.8) is 0 Å². The minimum absolute atomic E-state index is 0.331. The zero-order valence-corrected chi connectivity index (χ0v) is 14.9. The van der Waals surface area contributed by atoms with Gasteiger partial charge in [0.05, 0.1) is 25.5 Å². The molecule has 8 heteroatoms. The van der Waals surface area contributed by atoms with E-state index in [-0.39, 0.29) is 0 Å². The summed E-state index contributed by atoms with van der Waals surface area (Å²) in [7, 11) is 1.27. The van der Waals surface area contributed by atoms with E-state index in [1.54, 1.807) is 18.2 Å². The van der Waals surface area contributed by atoms with Gasteiger partial charge in [-0.2, -0.15) is 5.10 Å². The number of benzene rings is 2. The summed E-state index contributed by atoms with van der Waals surface area (Å²) in [6.07, 6.45) is 1.39. The number of hydrogen-bond donors (Lipinski definition) is 2. The maximum Gasteiger partial charge on any atom is 0.337 e. The largest absolute Gasteiger partial charge is 0.493 e. The Labute approximate surface area is 156 Å². The Kier molecular flexibility index (Phi) is 7.07. The third-order valence-corrected chi connectivity index (χ3v) is 3.36. The van der Waals surface area contributed by atoms with Crippen molar-refractivity contribution in [1.82, 2.24) is 5.43 Å². The molecule has 8 nitrogen and oxygen atoms in total. The fourth-order valence-electron chi connectivity index (χ4n) is 2.08. The van der Waals surface area contributed by atoms with Gasteiger partial charge < -0.3 is 14.8 Å². The number of amides is 2. The number of esters is 1. The number of methoxy groups -OCH3 is 1. The van der Waals surface area contributed by atoms with Gasteiger partial charge in [-0.25, -0.2) is 10.2 Å². The van der Waals surface area contributed by atoms with Gasteiger partial charge in [0.15, 0.2) is 0 Å². The average Bonchev–Trinajstić information content (AvgIpc) is 2.69. The SMILES string of the molecule is CCOc1ccccc1/C=N\NC(=O)C(=O)Nc1ccc(C(=O)OC)cc1. The predicted molar refractivity (Wildman–Crippen MR) is 99.8 cm³/mol. The predicted octanol–water partition coefficient (Wildman–Crippen LogP) is 1.96. The van der Waals surface area contributed by atoms with Crippen LogP contribution in [0.5, 0.6) is 5.75 Å². The number of nitrogens with zero attached hydrogens (tertiary/aromatic N) is 1. The van der Waals surface area contributed by atoms with Crippen LogP contribution in [-0.2, 0) is 14.3 Å². The topological polar surface area (TPSA) is 106 Å². The van der Waals surface area contributed by atoms with Gasteiger partial charge in [0.2, 0.25) is 0 Å². The minimum atomic E-state index is -0.933. The Balaban J connectivity index is 1.92. The van der Waals surface area contributed by atoms with Crippen molar-refractivity contribution in [2.45, 2.75) is 6.92 Å². The molecule has 0 aliphatic rings. The lowest BCUT2D eigenvalue weighted by Crippen LogP contribution is -2.32. The lowest BCUT2D eigenvalue weighted by molar-refractivity contribution is -0.136. The number of anilines is 1. The highest BCUT2D eigenvalue weighted by Crippen LogP contribution is 2.15. The summed E-state index contributed by atoms with van der Waals surface area (Å²) in [6.45, 7) is 2.35. The van der Waals surface area contributed by atoms with Crippen LogP contribution in [0.25, 0.3) is 0 Å². The smallest absolute Gasteiger partial charge is 0.337 e. The van der Waals surface area contributed by atoms with E-state index < -0.39 is 17.8 Å². The monoisotopic (exact) mass is 369 g/mol. The van der Waals surface area contributed by atoms with E-state index in [2.05, 4.69) is 20.6 Å². The van der Waals surface area contributed by atoms with Crippen LogP contribution in [0, 0.1) is 0 Å². The molecule has 0 spiro atoms. The van der Waals surface area contributed by atoms with E-state index in [1.165, 1.54) is 37.6 Å². The molecule has 0 unspecified atom stereocenters. The van der Waals surface area contributed by atoms with Gasteiger partial charge in [0.25, 0.3) is 0 Å². The van der Waals surface area contributed by atoms with E-state index in [0.717, 1.165) is 0 Å². The fraction of sp³-hybridized carbons (Fsp3) is 0.158. The van der Waals surface area contributed by atoms with Crippen molar-refractivity contribution in [2.24, 2.45) is 5.10 Å². The molecule has 0 radical (unpaired) electrons. The van der Waals surface area contributed by atoms with Crippen LogP contribution in [-0.4, -0.2) is 37.7 Å². The average molecular weight is 369 g/mol. The second-order valence-corrected chi connectivity index (χ2v) is 5.19. The van der Waals surface area contributed by atoms with E-state index in [9.17, 15) is 14.4 Å². The second kappa shape index (κ2) is 9.71. The first kappa shape index (κ1) is 19.6. The highest BCUT2D eigenvalue weighted by Gasteiger charge is 2.13. The number of ether oxygens (including phenoxy) is 2. The molecule has 0 aliphatic carbocycles. The molecule has 0 saturated heterocycles. The molecule has 2 amide bonds.